The summed E-state index contributed by atoms with van der Waals surface area (Å²) < 4.78 is 18.7. The molecule has 7 heteroatoms. The van der Waals surface area contributed by atoms with E-state index in [-0.39, 0.29) is 24.2 Å². The predicted molar refractivity (Wildman–Crippen MR) is 80.6 cm³/mol. The van der Waals surface area contributed by atoms with Gasteiger partial charge >= 0.3 is 6.09 Å². The summed E-state index contributed by atoms with van der Waals surface area (Å²) in [5.41, 5.74) is 4.99. The monoisotopic (exact) mass is 314 g/mol. The van der Waals surface area contributed by atoms with Crippen LogP contribution in [-0.2, 0) is 4.74 Å². The number of carbonyl (C=O) groups is 1. The van der Waals surface area contributed by atoms with E-state index < -0.39 is 29.7 Å². The fraction of sp³-hybridized carbons (Fsp3) is 0.533. The summed E-state index contributed by atoms with van der Waals surface area (Å²) in [5, 5.41) is 22.3. The molecule has 1 aromatic carbocycles. The summed E-state index contributed by atoms with van der Waals surface area (Å²) in [7, 11) is 0. The lowest BCUT2D eigenvalue weighted by molar-refractivity contribution is 0.0104. The van der Waals surface area contributed by atoms with Crippen LogP contribution in [0.3, 0.4) is 0 Å². The number of alkyl carbamates (subject to hydrolysis) is 1. The molecule has 1 rings (SSSR count). The van der Waals surface area contributed by atoms with Crippen molar-refractivity contribution in [3.63, 3.8) is 0 Å². The highest BCUT2D eigenvalue weighted by Gasteiger charge is 2.22. The number of benzene rings is 1. The van der Waals surface area contributed by atoms with Crippen molar-refractivity contribution >= 4 is 11.8 Å². The number of nitrogens with one attached hydrogen (secondary N) is 1. The number of anilines is 1. The van der Waals surface area contributed by atoms with Crippen LogP contribution < -0.4 is 11.1 Å². The molecule has 6 nitrogen and oxygen atoms in total. The molecular formula is C15H23FN2O4. The molecule has 0 aliphatic carbocycles. The van der Waals surface area contributed by atoms with Gasteiger partial charge in [0.1, 0.15) is 17.5 Å². The molecule has 0 spiro atoms. The van der Waals surface area contributed by atoms with Crippen molar-refractivity contribution < 1.29 is 24.1 Å². The van der Waals surface area contributed by atoms with E-state index >= 15 is 0 Å². The number of rotatable bonds is 5. The van der Waals surface area contributed by atoms with Crippen LogP contribution in [0, 0.1) is 5.82 Å². The van der Waals surface area contributed by atoms with Crippen LogP contribution in [0.1, 0.15) is 38.9 Å². The Morgan fingerprint density at radius 2 is 2.05 bits per heavy atom. The van der Waals surface area contributed by atoms with Gasteiger partial charge in [-0.2, -0.15) is 0 Å². The number of nitrogen functional groups attached to an aromatic ring is 1. The molecule has 0 bridgehead atoms. The van der Waals surface area contributed by atoms with Crippen LogP contribution in [0.4, 0.5) is 14.9 Å². The molecule has 0 saturated heterocycles. The predicted octanol–water partition coefficient (Wildman–Crippen LogP) is 1.72. The van der Waals surface area contributed by atoms with Crippen molar-refractivity contribution in [2.24, 2.45) is 0 Å². The first-order chi connectivity index (χ1) is 10.1. The molecule has 22 heavy (non-hydrogen) atoms. The van der Waals surface area contributed by atoms with Gasteiger partial charge in [-0.3, -0.25) is 0 Å². The Morgan fingerprint density at radius 3 is 2.59 bits per heavy atom. The normalized spacial score (nSPS) is 14.3. The van der Waals surface area contributed by atoms with Gasteiger partial charge in [0.15, 0.2) is 0 Å². The standard InChI is InChI=1S/C15H23FN2O4/c1-15(2,3)22-14(21)18-7-6-12(19)13(20)10-5-4-9(17)8-11(10)16/h4-5,8,12-13,19-20H,6-7,17H2,1-3H3,(H,18,21). The van der Waals surface area contributed by atoms with Gasteiger partial charge in [-0.15, -0.1) is 0 Å². The summed E-state index contributed by atoms with van der Waals surface area (Å²) in [6.07, 6.45) is -3.20. The fourth-order valence-electron chi connectivity index (χ4n) is 1.78. The van der Waals surface area contributed by atoms with E-state index in [0.717, 1.165) is 6.07 Å². The number of halogens is 1. The Hall–Kier alpha value is -1.86. The van der Waals surface area contributed by atoms with Gasteiger partial charge in [0.05, 0.1) is 6.10 Å². The topological polar surface area (TPSA) is 105 Å². The number of aliphatic hydroxyl groups excluding tert-OH is 2. The van der Waals surface area contributed by atoms with Gasteiger partial charge in [0.25, 0.3) is 0 Å². The van der Waals surface area contributed by atoms with Gasteiger partial charge in [-0.05, 0) is 39.3 Å². The van der Waals surface area contributed by atoms with Gasteiger partial charge in [0.2, 0.25) is 0 Å². The van der Waals surface area contributed by atoms with Crippen LogP contribution in [0.15, 0.2) is 18.2 Å². The largest absolute Gasteiger partial charge is 0.444 e. The van der Waals surface area contributed by atoms with E-state index in [1.807, 2.05) is 0 Å². The first kappa shape index (κ1) is 18.2. The number of amides is 1. The summed E-state index contributed by atoms with van der Waals surface area (Å²) in [6, 6.07) is 3.83. The maximum absolute atomic E-state index is 13.7. The Bertz CT molecular complexity index is 517. The third-order valence-electron chi connectivity index (χ3n) is 2.82. The quantitative estimate of drug-likeness (QED) is 0.619. The maximum atomic E-state index is 13.7. The second kappa shape index (κ2) is 7.42. The molecule has 0 radical (unpaired) electrons. The van der Waals surface area contributed by atoms with E-state index in [9.17, 15) is 19.4 Å². The van der Waals surface area contributed by atoms with Crippen LogP contribution >= 0.6 is 0 Å². The molecule has 5 N–H and O–H groups in total. The maximum Gasteiger partial charge on any atom is 0.407 e. The molecule has 0 heterocycles. The number of nitrogens with two attached hydrogens (primary N) is 1. The van der Waals surface area contributed by atoms with Crippen LogP contribution in [0.5, 0.6) is 0 Å². The average molecular weight is 314 g/mol. The van der Waals surface area contributed by atoms with E-state index in [4.69, 9.17) is 10.5 Å². The lowest BCUT2D eigenvalue weighted by atomic mass is 10.0. The Morgan fingerprint density at radius 1 is 1.41 bits per heavy atom. The number of hydrogen-bond acceptors (Lipinski definition) is 5. The van der Waals surface area contributed by atoms with Crippen LogP contribution in [0.25, 0.3) is 0 Å². The zero-order chi connectivity index (χ0) is 16.9. The van der Waals surface area contributed by atoms with E-state index in [0.29, 0.717) is 0 Å². The minimum absolute atomic E-state index is 0.0426. The Labute approximate surface area is 129 Å². The zero-order valence-corrected chi connectivity index (χ0v) is 13.0. The molecule has 124 valence electrons. The smallest absolute Gasteiger partial charge is 0.407 e. The van der Waals surface area contributed by atoms with Crippen LogP contribution in [0.2, 0.25) is 0 Å². The Balaban J connectivity index is 2.48. The van der Waals surface area contributed by atoms with E-state index in [1.54, 1.807) is 20.8 Å². The second-order valence-corrected chi connectivity index (χ2v) is 6.01. The molecule has 0 aliphatic heterocycles. The molecule has 2 unspecified atom stereocenters. The summed E-state index contributed by atoms with van der Waals surface area (Å²) in [6.45, 7) is 5.28. The van der Waals surface area contributed by atoms with Crippen molar-refractivity contribution in [2.45, 2.75) is 45.0 Å². The summed E-state index contributed by atoms with van der Waals surface area (Å²) in [5.74, 6) is -0.688. The first-order valence-corrected chi connectivity index (χ1v) is 6.98. The molecule has 1 aromatic rings. The highest BCUT2D eigenvalue weighted by molar-refractivity contribution is 5.67. The fourth-order valence-corrected chi connectivity index (χ4v) is 1.78. The summed E-state index contributed by atoms with van der Waals surface area (Å²) >= 11 is 0. The summed E-state index contributed by atoms with van der Waals surface area (Å²) in [4.78, 5) is 11.4. The highest BCUT2D eigenvalue weighted by Crippen LogP contribution is 2.23. The number of hydrogen-bond donors (Lipinski definition) is 4. The lowest BCUT2D eigenvalue weighted by Gasteiger charge is -2.21. The molecular weight excluding hydrogens is 291 g/mol. The lowest BCUT2D eigenvalue weighted by Crippen LogP contribution is -2.34. The van der Waals surface area contributed by atoms with Crippen molar-refractivity contribution in [3.05, 3.63) is 29.6 Å². The minimum Gasteiger partial charge on any atom is -0.444 e. The van der Waals surface area contributed by atoms with Crippen molar-refractivity contribution in [2.75, 3.05) is 12.3 Å². The molecule has 1 amide bonds. The highest BCUT2D eigenvalue weighted by atomic mass is 19.1. The van der Waals surface area contributed by atoms with Gasteiger partial charge < -0.3 is 26.0 Å². The molecule has 0 saturated carbocycles. The molecule has 0 aliphatic rings. The number of carbonyl (C=O) groups excluding carboxylic acids is 1. The number of aliphatic hydroxyl groups is 2. The second-order valence-electron chi connectivity index (χ2n) is 6.01. The van der Waals surface area contributed by atoms with Crippen LogP contribution in [-0.4, -0.2) is 34.6 Å². The average Bonchev–Trinajstić information content (AvgIpc) is 2.35. The first-order valence-electron chi connectivity index (χ1n) is 6.98. The van der Waals surface area contributed by atoms with Gasteiger partial charge in [-0.1, -0.05) is 6.07 Å². The number of ether oxygens (including phenoxy) is 1. The van der Waals surface area contributed by atoms with Gasteiger partial charge in [0, 0.05) is 17.8 Å². The van der Waals surface area contributed by atoms with Gasteiger partial charge in [-0.25, -0.2) is 9.18 Å². The molecule has 0 aromatic heterocycles. The SMILES string of the molecule is CC(C)(C)OC(=O)NCCC(O)C(O)c1ccc(N)cc1F. The third-order valence-corrected chi connectivity index (χ3v) is 2.82. The van der Waals surface area contributed by atoms with E-state index in [1.165, 1.54) is 12.1 Å². The molecule has 0 fully saturated rings. The minimum atomic E-state index is -1.40. The van der Waals surface area contributed by atoms with E-state index in [2.05, 4.69) is 5.32 Å². The third kappa shape index (κ3) is 5.87. The van der Waals surface area contributed by atoms with Crippen molar-refractivity contribution in [1.29, 1.82) is 0 Å². The molecule has 2 atom stereocenters. The van der Waals surface area contributed by atoms with Crippen molar-refractivity contribution in [3.8, 4) is 0 Å². The Kier molecular flexibility index (Phi) is 6.13. The zero-order valence-electron chi connectivity index (χ0n) is 13.0. The van der Waals surface area contributed by atoms with Crippen molar-refractivity contribution in [1.82, 2.24) is 5.32 Å².